The van der Waals surface area contributed by atoms with Gasteiger partial charge in [-0.15, -0.1) is 11.3 Å². The Morgan fingerprint density at radius 1 is 1.50 bits per heavy atom. The van der Waals surface area contributed by atoms with Gasteiger partial charge < -0.3 is 5.32 Å². The average molecular weight is 228 g/mol. The van der Waals surface area contributed by atoms with Gasteiger partial charge in [0.1, 0.15) is 4.34 Å². The molecule has 2 nitrogen and oxygen atoms in total. The van der Waals surface area contributed by atoms with Crippen molar-refractivity contribution in [1.82, 2.24) is 10.3 Å². The highest BCUT2D eigenvalue weighted by Gasteiger charge is 2.14. The zero-order valence-corrected chi connectivity index (χ0v) is 10.1. The summed E-state index contributed by atoms with van der Waals surface area (Å²) in [7, 11) is 0. The van der Waals surface area contributed by atoms with Crippen molar-refractivity contribution in [3.05, 3.63) is 11.1 Å². The minimum absolute atomic E-state index is 0.774. The third kappa shape index (κ3) is 2.97. The van der Waals surface area contributed by atoms with Crippen molar-refractivity contribution in [2.75, 3.05) is 13.1 Å². The Morgan fingerprint density at radius 2 is 2.43 bits per heavy atom. The van der Waals surface area contributed by atoms with E-state index >= 15 is 0 Å². The van der Waals surface area contributed by atoms with Crippen molar-refractivity contribution in [2.24, 2.45) is 0 Å². The van der Waals surface area contributed by atoms with Crippen LogP contribution in [0.4, 0.5) is 0 Å². The minimum Gasteiger partial charge on any atom is -0.317 e. The number of thiazole rings is 1. The molecule has 1 aliphatic heterocycles. The number of hydrogen-bond acceptors (Lipinski definition) is 4. The first-order valence-electron chi connectivity index (χ1n) is 5.14. The molecule has 1 atom stereocenters. The quantitative estimate of drug-likeness (QED) is 0.842. The van der Waals surface area contributed by atoms with Crippen LogP contribution in [0.2, 0.25) is 0 Å². The first-order valence-corrected chi connectivity index (χ1v) is 6.90. The zero-order valence-electron chi connectivity index (χ0n) is 8.45. The maximum absolute atomic E-state index is 4.50. The third-order valence-electron chi connectivity index (χ3n) is 2.39. The summed E-state index contributed by atoms with van der Waals surface area (Å²) in [6.45, 7) is 4.42. The van der Waals surface area contributed by atoms with Crippen molar-refractivity contribution in [1.29, 1.82) is 0 Å². The molecule has 0 saturated carbocycles. The molecule has 0 amide bonds. The van der Waals surface area contributed by atoms with Crippen molar-refractivity contribution in [3.63, 3.8) is 0 Å². The number of aromatic nitrogens is 1. The standard InChI is InChI=1S/C10H16N2S2/c1-8-7-13-10(12-8)14-9-3-2-5-11-6-4-9/h7,9,11H,2-6H2,1H3. The molecule has 0 bridgehead atoms. The van der Waals surface area contributed by atoms with Gasteiger partial charge in [0.05, 0.1) is 0 Å². The third-order valence-corrected chi connectivity index (χ3v) is 4.82. The number of nitrogens with one attached hydrogen (secondary N) is 1. The molecule has 1 saturated heterocycles. The highest BCUT2D eigenvalue weighted by Crippen LogP contribution is 2.31. The molecular weight excluding hydrogens is 212 g/mol. The van der Waals surface area contributed by atoms with E-state index in [9.17, 15) is 0 Å². The lowest BCUT2D eigenvalue weighted by Crippen LogP contribution is -2.14. The van der Waals surface area contributed by atoms with Crippen LogP contribution in [0, 0.1) is 6.92 Å². The molecule has 0 aliphatic carbocycles. The van der Waals surface area contributed by atoms with Crippen LogP contribution >= 0.6 is 23.1 Å². The summed E-state index contributed by atoms with van der Waals surface area (Å²) in [5, 5.41) is 6.35. The number of rotatable bonds is 2. The van der Waals surface area contributed by atoms with E-state index in [-0.39, 0.29) is 0 Å². The second-order valence-corrected chi connectivity index (χ2v) is 6.08. The van der Waals surface area contributed by atoms with Gasteiger partial charge in [0, 0.05) is 16.3 Å². The summed E-state index contributed by atoms with van der Waals surface area (Å²) in [6, 6.07) is 0. The maximum Gasteiger partial charge on any atom is 0.150 e. The Hall–Kier alpha value is -0.0600. The van der Waals surface area contributed by atoms with Gasteiger partial charge in [-0.05, 0) is 39.3 Å². The van der Waals surface area contributed by atoms with Crippen molar-refractivity contribution < 1.29 is 0 Å². The van der Waals surface area contributed by atoms with E-state index in [1.165, 1.54) is 36.7 Å². The molecule has 1 unspecified atom stereocenters. The second kappa shape index (κ2) is 5.14. The molecule has 4 heteroatoms. The molecular formula is C10H16N2S2. The van der Waals surface area contributed by atoms with Crippen molar-refractivity contribution >= 4 is 23.1 Å². The minimum atomic E-state index is 0.774. The van der Waals surface area contributed by atoms with Crippen LogP contribution in [0.1, 0.15) is 25.0 Å². The highest BCUT2D eigenvalue weighted by molar-refractivity contribution is 8.01. The van der Waals surface area contributed by atoms with Crippen LogP contribution in [0.5, 0.6) is 0 Å². The van der Waals surface area contributed by atoms with Gasteiger partial charge >= 0.3 is 0 Å². The molecule has 1 N–H and O–H groups in total. The van der Waals surface area contributed by atoms with E-state index in [1.54, 1.807) is 11.3 Å². The molecule has 0 aromatic carbocycles. The molecule has 1 aliphatic rings. The molecule has 78 valence electrons. The molecule has 14 heavy (non-hydrogen) atoms. The lowest BCUT2D eigenvalue weighted by molar-refractivity contribution is 0.703. The van der Waals surface area contributed by atoms with Gasteiger partial charge in [-0.1, -0.05) is 11.8 Å². The summed E-state index contributed by atoms with van der Waals surface area (Å²) in [5.74, 6) is 0. The van der Waals surface area contributed by atoms with Crippen LogP contribution in [-0.2, 0) is 0 Å². The normalized spacial score (nSPS) is 23.4. The Balaban J connectivity index is 1.89. The maximum atomic E-state index is 4.50. The molecule has 2 heterocycles. The fourth-order valence-corrected chi connectivity index (χ4v) is 3.93. The largest absolute Gasteiger partial charge is 0.317 e. The summed E-state index contributed by atoms with van der Waals surface area (Å²) < 4.78 is 1.24. The summed E-state index contributed by atoms with van der Waals surface area (Å²) in [5.41, 5.74) is 1.16. The van der Waals surface area contributed by atoms with E-state index in [2.05, 4.69) is 22.6 Å². The van der Waals surface area contributed by atoms with Gasteiger partial charge in [0.15, 0.2) is 0 Å². The van der Waals surface area contributed by atoms with Gasteiger partial charge in [0.2, 0.25) is 0 Å². The highest BCUT2D eigenvalue weighted by atomic mass is 32.2. The Kier molecular flexibility index (Phi) is 3.84. The molecule has 2 rings (SSSR count). The smallest absolute Gasteiger partial charge is 0.150 e. The number of thioether (sulfide) groups is 1. The van der Waals surface area contributed by atoms with Crippen molar-refractivity contribution in [2.45, 2.75) is 35.8 Å². The SMILES string of the molecule is Cc1csc(SC2CCCNCC2)n1. The van der Waals surface area contributed by atoms with E-state index in [1.807, 2.05) is 11.8 Å². The second-order valence-electron chi connectivity index (χ2n) is 3.68. The Bertz CT molecular complexity index is 277. The topological polar surface area (TPSA) is 24.9 Å². The molecule has 1 fully saturated rings. The van der Waals surface area contributed by atoms with E-state index in [0.29, 0.717) is 0 Å². The van der Waals surface area contributed by atoms with Crippen LogP contribution < -0.4 is 5.32 Å². The molecule has 1 aromatic heterocycles. The Morgan fingerprint density at radius 3 is 3.21 bits per heavy atom. The van der Waals surface area contributed by atoms with Crippen LogP contribution in [0.25, 0.3) is 0 Å². The van der Waals surface area contributed by atoms with Crippen LogP contribution in [0.15, 0.2) is 9.72 Å². The number of aryl methyl sites for hydroxylation is 1. The zero-order chi connectivity index (χ0) is 9.80. The van der Waals surface area contributed by atoms with Gasteiger partial charge in [-0.25, -0.2) is 4.98 Å². The van der Waals surface area contributed by atoms with Gasteiger partial charge in [-0.3, -0.25) is 0 Å². The lowest BCUT2D eigenvalue weighted by Gasteiger charge is -2.10. The fourth-order valence-electron chi connectivity index (χ4n) is 1.63. The summed E-state index contributed by atoms with van der Waals surface area (Å²) in [4.78, 5) is 4.50. The first kappa shape index (κ1) is 10.5. The predicted molar refractivity (Wildman–Crippen MR) is 63.2 cm³/mol. The monoisotopic (exact) mass is 228 g/mol. The predicted octanol–water partition coefficient (Wildman–Crippen LogP) is 2.69. The lowest BCUT2D eigenvalue weighted by atomic mass is 10.2. The Labute approximate surface area is 93.5 Å². The van der Waals surface area contributed by atoms with E-state index in [4.69, 9.17) is 0 Å². The average Bonchev–Trinajstić information content (AvgIpc) is 2.43. The van der Waals surface area contributed by atoms with Crippen LogP contribution in [0.3, 0.4) is 0 Å². The number of nitrogens with zero attached hydrogens (tertiary/aromatic N) is 1. The van der Waals surface area contributed by atoms with Gasteiger partial charge in [-0.2, -0.15) is 0 Å². The summed E-state index contributed by atoms with van der Waals surface area (Å²) >= 11 is 3.75. The van der Waals surface area contributed by atoms with E-state index in [0.717, 1.165) is 10.9 Å². The van der Waals surface area contributed by atoms with E-state index < -0.39 is 0 Å². The molecule has 0 spiro atoms. The fraction of sp³-hybridized carbons (Fsp3) is 0.700. The molecule has 1 aromatic rings. The number of hydrogen-bond donors (Lipinski definition) is 1. The van der Waals surface area contributed by atoms with Crippen molar-refractivity contribution in [3.8, 4) is 0 Å². The summed E-state index contributed by atoms with van der Waals surface area (Å²) in [6.07, 6.45) is 3.92. The first-order chi connectivity index (χ1) is 6.84. The van der Waals surface area contributed by atoms with Crippen LogP contribution in [-0.4, -0.2) is 23.3 Å². The molecule has 0 radical (unpaired) electrons. The van der Waals surface area contributed by atoms with Gasteiger partial charge in [0.25, 0.3) is 0 Å².